The first-order valence-electron chi connectivity index (χ1n) is 19.8. The summed E-state index contributed by atoms with van der Waals surface area (Å²) in [7, 11) is -3.90. The van der Waals surface area contributed by atoms with Crippen LogP contribution in [-0.2, 0) is 24.4 Å². The molecule has 8 rings (SSSR count). The van der Waals surface area contributed by atoms with Gasteiger partial charge >= 0.3 is 0 Å². The highest BCUT2D eigenvalue weighted by atomic mass is 32.2. The van der Waals surface area contributed by atoms with Gasteiger partial charge in [-0.25, -0.2) is 18.4 Å². The zero-order valence-corrected chi connectivity index (χ0v) is 32.9. The number of aryl methyl sites for hydroxylation is 1. The lowest BCUT2D eigenvalue weighted by Gasteiger charge is -2.30. The Hall–Kier alpha value is -5.44. The molecule has 57 heavy (non-hydrogen) atoms. The number of carbonyl (C=O) groups is 4. The minimum Gasteiger partial charge on any atom is -0.477 e. The van der Waals surface area contributed by atoms with Crippen molar-refractivity contribution < 1.29 is 32.3 Å². The Morgan fingerprint density at radius 2 is 1.70 bits per heavy atom. The van der Waals surface area contributed by atoms with Crippen LogP contribution in [0, 0.1) is 18.8 Å². The second kappa shape index (κ2) is 15.5. The van der Waals surface area contributed by atoms with Gasteiger partial charge in [0.15, 0.2) is 0 Å². The molecule has 2 aromatic carbocycles. The molecule has 4 aromatic rings. The topological polar surface area (TPSA) is 190 Å². The van der Waals surface area contributed by atoms with Gasteiger partial charge in [0, 0.05) is 35.3 Å². The fraction of sp³-hybridized carbons (Fsp3) is 0.452. The number of hydrogen-bond acceptors (Lipinski definition) is 10. The number of benzene rings is 2. The minimum atomic E-state index is -3.90. The molecule has 15 heteroatoms. The molecule has 0 radical (unpaired) electrons. The summed E-state index contributed by atoms with van der Waals surface area (Å²) in [6, 6.07) is 13.6. The van der Waals surface area contributed by atoms with Gasteiger partial charge in [-0.15, -0.1) is 0 Å². The number of rotatable bonds is 8. The lowest BCUT2D eigenvalue weighted by molar-refractivity contribution is -0.141. The molecule has 2 aliphatic heterocycles. The van der Waals surface area contributed by atoms with E-state index in [2.05, 4.69) is 25.3 Å². The highest BCUT2D eigenvalue weighted by Gasteiger charge is 2.63. The summed E-state index contributed by atoms with van der Waals surface area (Å²) in [5, 5.41) is 8.02. The standard InChI is InChI=1S/C42H47N7O7S/c1-25-11-5-3-4-6-16-34(45-37(50)35-22-43-26(2)21-44-35)40(52)49-23-27(24-56-39-31-14-8-7-12-29(31)30-13-9-10-15-33(30)46-39)19-36(49)38(51)47-42(20-32(25)42)41(53)48-57(54,55)28-17-18-28/h7-15,21-22,27-28,32,34,36H,3-6,16-20,23-24H2,1-2H3,(H,45,50)(H,47,51)(H,48,53)/b25-11-/t27-,32?,34+,36+,42-/m1/s1. The van der Waals surface area contributed by atoms with Gasteiger partial charge < -0.3 is 20.3 Å². The van der Waals surface area contributed by atoms with Crippen LogP contribution in [0.5, 0.6) is 5.88 Å². The van der Waals surface area contributed by atoms with Gasteiger partial charge in [0.1, 0.15) is 23.3 Å². The van der Waals surface area contributed by atoms with E-state index in [1.807, 2.05) is 61.5 Å². The van der Waals surface area contributed by atoms with E-state index in [9.17, 15) is 27.6 Å². The second-order valence-corrected chi connectivity index (χ2v) is 17.9. The largest absolute Gasteiger partial charge is 0.477 e. The maximum absolute atomic E-state index is 14.7. The van der Waals surface area contributed by atoms with Gasteiger partial charge in [0.2, 0.25) is 27.7 Å². The highest BCUT2D eigenvalue weighted by Crippen LogP contribution is 2.49. The molecule has 3 fully saturated rings. The Bertz CT molecular complexity index is 2380. The van der Waals surface area contributed by atoms with Crippen molar-refractivity contribution in [3.05, 3.63) is 84.0 Å². The molecule has 14 nitrogen and oxygen atoms in total. The van der Waals surface area contributed by atoms with Crippen molar-refractivity contribution >= 4 is 55.3 Å². The van der Waals surface area contributed by atoms with E-state index >= 15 is 0 Å². The van der Waals surface area contributed by atoms with Crippen molar-refractivity contribution in [3.8, 4) is 5.88 Å². The molecular weight excluding hydrogens is 747 g/mol. The van der Waals surface area contributed by atoms with Gasteiger partial charge in [-0.3, -0.25) is 28.9 Å². The van der Waals surface area contributed by atoms with E-state index < -0.39 is 62.4 Å². The summed E-state index contributed by atoms with van der Waals surface area (Å²) < 4.78 is 34.6. The maximum atomic E-state index is 14.7. The van der Waals surface area contributed by atoms with Gasteiger partial charge in [-0.05, 0) is 76.3 Å². The van der Waals surface area contributed by atoms with E-state index in [1.54, 1.807) is 6.92 Å². The number of pyridine rings is 1. The van der Waals surface area contributed by atoms with Crippen LogP contribution in [0.3, 0.4) is 0 Å². The molecule has 3 N–H and O–H groups in total. The van der Waals surface area contributed by atoms with E-state index in [0.29, 0.717) is 43.7 Å². The van der Waals surface area contributed by atoms with Gasteiger partial charge in [0.05, 0.1) is 29.3 Å². The van der Waals surface area contributed by atoms with E-state index in [4.69, 9.17) is 9.72 Å². The van der Waals surface area contributed by atoms with Crippen molar-refractivity contribution in [1.82, 2.24) is 35.2 Å². The molecule has 1 unspecified atom stereocenters. The Labute approximate surface area is 331 Å². The quantitative estimate of drug-likeness (QED) is 0.172. The first kappa shape index (κ1) is 38.4. The first-order valence-corrected chi connectivity index (χ1v) is 21.3. The molecule has 5 atom stereocenters. The number of para-hydroxylation sites is 1. The maximum Gasteiger partial charge on any atom is 0.272 e. The summed E-state index contributed by atoms with van der Waals surface area (Å²) >= 11 is 0. The number of ether oxygens (including phenoxy) is 1. The number of nitrogens with one attached hydrogen (secondary N) is 3. The van der Waals surface area contributed by atoms with E-state index in [0.717, 1.165) is 40.1 Å². The summed E-state index contributed by atoms with van der Waals surface area (Å²) in [4.78, 5) is 71.3. The molecule has 2 saturated carbocycles. The van der Waals surface area contributed by atoms with Crippen LogP contribution >= 0.6 is 0 Å². The van der Waals surface area contributed by atoms with Crippen molar-refractivity contribution in [1.29, 1.82) is 0 Å². The van der Waals surface area contributed by atoms with Crippen LogP contribution in [0.1, 0.15) is 80.9 Å². The number of carbonyl (C=O) groups excluding carboxylic acids is 4. The first-order chi connectivity index (χ1) is 27.4. The van der Waals surface area contributed by atoms with Crippen LogP contribution in [-0.4, -0.2) is 87.9 Å². The molecule has 298 valence electrons. The van der Waals surface area contributed by atoms with E-state index in [-0.39, 0.29) is 37.6 Å². The Balaban J connectivity index is 1.10. The summed E-state index contributed by atoms with van der Waals surface area (Å²) in [5.41, 5.74) is 0.883. The Kier molecular flexibility index (Phi) is 10.4. The van der Waals surface area contributed by atoms with Crippen LogP contribution in [0.25, 0.3) is 21.7 Å². The summed E-state index contributed by atoms with van der Waals surface area (Å²) in [6.07, 6.45) is 9.52. The fourth-order valence-corrected chi connectivity index (χ4v) is 9.66. The Morgan fingerprint density at radius 1 is 0.947 bits per heavy atom. The van der Waals surface area contributed by atoms with Crippen LogP contribution < -0.4 is 20.1 Å². The zero-order valence-electron chi connectivity index (χ0n) is 32.1. The van der Waals surface area contributed by atoms with Gasteiger partial charge in [0.25, 0.3) is 11.8 Å². The Morgan fingerprint density at radius 3 is 2.46 bits per heavy atom. The lowest BCUT2D eigenvalue weighted by Crippen LogP contribution is -2.58. The normalized spacial score (nSPS) is 26.6. The predicted molar refractivity (Wildman–Crippen MR) is 212 cm³/mol. The third kappa shape index (κ3) is 7.94. The van der Waals surface area contributed by atoms with E-state index in [1.165, 1.54) is 17.3 Å². The molecule has 4 heterocycles. The van der Waals surface area contributed by atoms with Crippen LogP contribution in [0.2, 0.25) is 0 Å². The highest BCUT2D eigenvalue weighted by molar-refractivity contribution is 7.91. The van der Waals surface area contributed by atoms with Crippen molar-refractivity contribution in [2.75, 3.05) is 13.2 Å². The smallest absolute Gasteiger partial charge is 0.272 e. The molecule has 2 aromatic heterocycles. The lowest BCUT2D eigenvalue weighted by atomic mass is 10.0. The summed E-state index contributed by atoms with van der Waals surface area (Å²) in [6.45, 7) is 3.93. The average Bonchev–Trinajstić information content (AvgIpc) is 4.14. The number of amides is 4. The average molecular weight is 794 g/mol. The third-order valence-electron chi connectivity index (χ3n) is 11.7. The number of allylic oxidation sites excluding steroid dienone is 1. The molecule has 0 spiro atoms. The van der Waals surface area contributed by atoms with Crippen molar-refractivity contribution in [2.24, 2.45) is 11.8 Å². The van der Waals surface area contributed by atoms with Crippen LogP contribution in [0.4, 0.5) is 0 Å². The fourth-order valence-electron chi connectivity index (χ4n) is 8.30. The summed E-state index contributed by atoms with van der Waals surface area (Å²) in [5.74, 6) is -2.62. The number of aromatic nitrogens is 3. The minimum absolute atomic E-state index is 0.0656. The molecule has 0 bridgehead atoms. The molecule has 2 aliphatic carbocycles. The molecular formula is C42H47N7O7S. The van der Waals surface area contributed by atoms with Crippen molar-refractivity contribution in [2.45, 2.75) is 94.5 Å². The SMILES string of the molecule is C/C1=C/CCCCC[C@H](NC(=O)c2cnc(C)cn2)C(=O)N2C[C@H](COc3nc4ccccc4c4ccccc34)C[C@H]2C(=O)N[C@]2(C(=O)NS(=O)(=O)C3CC3)CC12. The monoisotopic (exact) mass is 793 g/mol. The van der Waals surface area contributed by atoms with Gasteiger partial charge in [-0.2, -0.15) is 0 Å². The number of nitrogens with zero attached hydrogens (tertiary/aromatic N) is 4. The number of hydrogen-bond donors (Lipinski definition) is 3. The predicted octanol–water partition coefficient (Wildman–Crippen LogP) is 4.27. The van der Waals surface area contributed by atoms with Crippen molar-refractivity contribution in [3.63, 3.8) is 0 Å². The van der Waals surface area contributed by atoms with Crippen LogP contribution in [0.15, 0.2) is 72.6 Å². The number of sulfonamides is 1. The second-order valence-electron chi connectivity index (χ2n) is 15.9. The number of fused-ring (bicyclic) bond motifs is 5. The molecule has 4 amide bonds. The van der Waals surface area contributed by atoms with Gasteiger partial charge in [-0.1, -0.05) is 60.9 Å². The zero-order chi connectivity index (χ0) is 39.9. The third-order valence-corrected chi connectivity index (χ3v) is 13.6. The molecule has 1 saturated heterocycles. The molecule has 4 aliphatic rings.